The lowest BCUT2D eigenvalue weighted by Crippen LogP contribution is -2.16. The van der Waals surface area contributed by atoms with E-state index >= 15 is 0 Å². The third-order valence-electron chi connectivity index (χ3n) is 3.65. The Morgan fingerprint density at radius 1 is 1.29 bits per heavy atom. The third-order valence-corrected chi connectivity index (χ3v) is 5.14. The average molecular weight is 249 g/mol. The van der Waals surface area contributed by atoms with E-state index < -0.39 is 0 Å². The van der Waals surface area contributed by atoms with Gasteiger partial charge in [-0.05, 0) is 37.8 Å². The molecule has 1 saturated carbocycles. The molecule has 0 heterocycles. The fourth-order valence-electron chi connectivity index (χ4n) is 2.54. The van der Waals surface area contributed by atoms with Crippen molar-refractivity contribution in [3.63, 3.8) is 0 Å². The SMILES string of the molecule is Cc1ccc(C)c(C(N)CSC2CCCC2)c1. The molecule has 2 rings (SSSR count). The van der Waals surface area contributed by atoms with Gasteiger partial charge in [0.25, 0.3) is 0 Å². The lowest BCUT2D eigenvalue weighted by atomic mass is 10.0. The van der Waals surface area contributed by atoms with Crippen LogP contribution in [0.4, 0.5) is 0 Å². The van der Waals surface area contributed by atoms with Gasteiger partial charge in [0.2, 0.25) is 0 Å². The summed E-state index contributed by atoms with van der Waals surface area (Å²) in [4.78, 5) is 0. The molecule has 1 aromatic carbocycles. The third kappa shape index (κ3) is 3.49. The van der Waals surface area contributed by atoms with Crippen LogP contribution < -0.4 is 5.73 Å². The molecule has 1 atom stereocenters. The van der Waals surface area contributed by atoms with E-state index in [-0.39, 0.29) is 6.04 Å². The van der Waals surface area contributed by atoms with Crippen molar-refractivity contribution in [2.45, 2.75) is 50.8 Å². The number of rotatable bonds is 4. The average Bonchev–Trinajstić information content (AvgIpc) is 2.82. The van der Waals surface area contributed by atoms with E-state index in [1.165, 1.54) is 42.4 Å². The largest absolute Gasteiger partial charge is 0.323 e. The minimum atomic E-state index is 0.195. The number of nitrogens with two attached hydrogens (primary N) is 1. The van der Waals surface area contributed by atoms with E-state index in [1.54, 1.807) is 0 Å². The van der Waals surface area contributed by atoms with Crippen LogP contribution in [0.3, 0.4) is 0 Å². The van der Waals surface area contributed by atoms with Crippen LogP contribution in [0, 0.1) is 13.8 Å². The van der Waals surface area contributed by atoms with Crippen LogP contribution in [0.25, 0.3) is 0 Å². The predicted octanol–water partition coefficient (Wildman–Crippen LogP) is 3.98. The molecule has 1 aromatic rings. The summed E-state index contributed by atoms with van der Waals surface area (Å²) in [5, 5.41) is 0.867. The van der Waals surface area contributed by atoms with Crippen LogP contribution in [0.15, 0.2) is 18.2 Å². The number of hydrogen-bond donors (Lipinski definition) is 1. The summed E-state index contributed by atoms with van der Waals surface area (Å²) in [7, 11) is 0. The van der Waals surface area contributed by atoms with Gasteiger partial charge < -0.3 is 5.73 Å². The zero-order valence-corrected chi connectivity index (χ0v) is 11.7. The molecule has 1 nitrogen and oxygen atoms in total. The lowest BCUT2D eigenvalue weighted by molar-refractivity contribution is 0.811. The van der Waals surface area contributed by atoms with Crippen LogP contribution in [-0.4, -0.2) is 11.0 Å². The van der Waals surface area contributed by atoms with Crippen molar-refractivity contribution >= 4 is 11.8 Å². The summed E-state index contributed by atoms with van der Waals surface area (Å²) in [6.45, 7) is 4.30. The maximum atomic E-state index is 6.32. The van der Waals surface area contributed by atoms with Gasteiger partial charge in [-0.2, -0.15) is 11.8 Å². The molecule has 2 N–H and O–H groups in total. The van der Waals surface area contributed by atoms with Crippen molar-refractivity contribution in [3.05, 3.63) is 34.9 Å². The Labute approximate surface area is 109 Å². The first-order valence-corrected chi connectivity index (χ1v) is 7.66. The Morgan fingerprint density at radius 3 is 2.71 bits per heavy atom. The van der Waals surface area contributed by atoms with Gasteiger partial charge in [0.1, 0.15) is 0 Å². The topological polar surface area (TPSA) is 26.0 Å². The van der Waals surface area contributed by atoms with Crippen LogP contribution in [0.2, 0.25) is 0 Å². The highest BCUT2D eigenvalue weighted by molar-refractivity contribution is 7.99. The maximum Gasteiger partial charge on any atom is 0.0389 e. The molecule has 0 spiro atoms. The van der Waals surface area contributed by atoms with Crippen molar-refractivity contribution in [3.8, 4) is 0 Å². The van der Waals surface area contributed by atoms with Gasteiger partial charge in [0, 0.05) is 17.0 Å². The molecule has 0 saturated heterocycles. The zero-order chi connectivity index (χ0) is 12.3. The highest BCUT2D eigenvalue weighted by atomic mass is 32.2. The highest BCUT2D eigenvalue weighted by Gasteiger charge is 2.17. The van der Waals surface area contributed by atoms with Gasteiger partial charge in [0.15, 0.2) is 0 Å². The van der Waals surface area contributed by atoms with E-state index in [0.29, 0.717) is 0 Å². The van der Waals surface area contributed by atoms with Crippen LogP contribution >= 0.6 is 11.8 Å². The van der Waals surface area contributed by atoms with Crippen molar-refractivity contribution in [2.75, 3.05) is 5.75 Å². The molecule has 2 heteroatoms. The lowest BCUT2D eigenvalue weighted by Gasteiger charge is -2.17. The fourth-order valence-corrected chi connectivity index (χ4v) is 3.87. The number of benzene rings is 1. The quantitative estimate of drug-likeness (QED) is 0.873. The van der Waals surface area contributed by atoms with Crippen LogP contribution in [0.1, 0.15) is 48.4 Å². The van der Waals surface area contributed by atoms with Crippen LogP contribution in [0.5, 0.6) is 0 Å². The van der Waals surface area contributed by atoms with Crippen molar-refractivity contribution in [1.29, 1.82) is 0 Å². The minimum Gasteiger partial charge on any atom is -0.323 e. The second kappa shape index (κ2) is 5.92. The molecule has 1 unspecified atom stereocenters. The summed E-state index contributed by atoms with van der Waals surface area (Å²) in [5.74, 6) is 1.06. The molecule has 0 amide bonds. The van der Waals surface area contributed by atoms with E-state index in [1.807, 2.05) is 0 Å². The normalized spacial score (nSPS) is 18.5. The van der Waals surface area contributed by atoms with Crippen molar-refractivity contribution < 1.29 is 0 Å². The number of hydrogen-bond acceptors (Lipinski definition) is 2. The van der Waals surface area contributed by atoms with Crippen LogP contribution in [-0.2, 0) is 0 Å². The molecule has 17 heavy (non-hydrogen) atoms. The summed E-state index contributed by atoms with van der Waals surface area (Å²) >= 11 is 2.08. The molecule has 1 aliphatic rings. The Bertz CT molecular complexity index is 369. The van der Waals surface area contributed by atoms with E-state index in [2.05, 4.69) is 43.8 Å². The Balaban J connectivity index is 1.93. The number of aryl methyl sites for hydroxylation is 2. The standard InChI is InChI=1S/C15H23NS/c1-11-7-8-12(2)14(9-11)15(16)10-17-13-5-3-4-6-13/h7-9,13,15H,3-6,10,16H2,1-2H3. The summed E-state index contributed by atoms with van der Waals surface area (Å²) in [6.07, 6.45) is 5.61. The summed E-state index contributed by atoms with van der Waals surface area (Å²) < 4.78 is 0. The first-order valence-electron chi connectivity index (χ1n) is 6.61. The maximum absolute atomic E-state index is 6.32. The molecule has 0 aliphatic heterocycles. The molecule has 1 aliphatic carbocycles. The Kier molecular flexibility index (Phi) is 4.52. The molecule has 1 fully saturated rings. The Morgan fingerprint density at radius 2 is 2.00 bits per heavy atom. The first kappa shape index (κ1) is 13.0. The van der Waals surface area contributed by atoms with E-state index in [4.69, 9.17) is 5.73 Å². The minimum absolute atomic E-state index is 0.195. The molecule has 0 bridgehead atoms. The molecular weight excluding hydrogens is 226 g/mol. The number of thioether (sulfide) groups is 1. The summed E-state index contributed by atoms with van der Waals surface area (Å²) in [5.41, 5.74) is 10.3. The molecule has 0 radical (unpaired) electrons. The smallest absolute Gasteiger partial charge is 0.0389 e. The van der Waals surface area contributed by atoms with Crippen molar-refractivity contribution in [1.82, 2.24) is 0 Å². The fraction of sp³-hybridized carbons (Fsp3) is 0.600. The molecule has 94 valence electrons. The molecule has 0 aromatic heterocycles. The summed E-state index contributed by atoms with van der Waals surface area (Å²) in [6, 6.07) is 6.79. The van der Waals surface area contributed by atoms with Crippen molar-refractivity contribution in [2.24, 2.45) is 5.73 Å². The van der Waals surface area contributed by atoms with Gasteiger partial charge in [-0.1, -0.05) is 36.6 Å². The highest BCUT2D eigenvalue weighted by Crippen LogP contribution is 2.32. The van der Waals surface area contributed by atoms with E-state index in [0.717, 1.165) is 11.0 Å². The monoisotopic (exact) mass is 249 g/mol. The van der Waals surface area contributed by atoms with Gasteiger partial charge in [-0.25, -0.2) is 0 Å². The second-order valence-electron chi connectivity index (χ2n) is 5.21. The van der Waals surface area contributed by atoms with Gasteiger partial charge in [-0.3, -0.25) is 0 Å². The predicted molar refractivity (Wildman–Crippen MR) is 77.6 cm³/mol. The molecular formula is C15H23NS. The first-order chi connectivity index (χ1) is 8.16. The second-order valence-corrected chi connectivity index (χ2v) is 6.54. The van der Waals surface area contributed by atoms with Gasteiger partial charge >= 0.3 is 0 Å². The zero-order valence-electron chi connectivity index (χ0n) is 10.9. The van der Waals surface area contributed by atoms with Gasteiger partial charge in [0.05, 0.1) is 0 Å². The Hall–Kier alpha value is -0.470. The van der Waals surface area contributed by atoms with E-state index in [9.17, 15) is 0 Å². The van der Waals surface area contributed by atoms with Gasteiger partial charge in [-0.15, -0.1) is 0 Å².